The molecule has 2 aliphatic heterocycles. The lowest BCUT2D eigenvalue weighted by molar-refractivity contribution is -0.107. The fourth-order valence-corrected chi connectivity index (χ4v) is 4.03. The number of rotatable bonds is 3. The van der Waals surface area contributed by atoms with Crippen LogP contribution in [0.1, 0.15) is 6.92 Å². The second-order valence-electron chi connectivity index (χ2n) is 3.75. The average molecular weight is 204 g/mol. The van der Waals surface area contributed by atoms with Gasteiger partial charge in [0.05, 0.1) is 18.0 Å². The summed E-state index contributed by atoms with van der Waals surface area (Å²) >= 11 is 1.94. The molecule has 0 saturated carbocycles. The minimum absolute atomic E-state index is 0.182. The topological polar surface area (TPSA) is 27.7 Å². The molecule has 0 N–H and O–H groups in total. The fourth-order valence-electron chi connectivity index (χ4n) is 2.38. The molecule has 2 aliphatic rings. The monoisotopic (exact) mass is 204 g/mol. The van der Waals surface area contributed by atoms with Gasteiger partial charge in [-0.05, 0) is 6.92 Å². The molecule has 0 aromatic carbocycles. The van der Waals surface area contributed by atoms with Crippen LogP contribution in [0.5, 0.6) is 0 Å². The largest absolute Gasteiger partial charge is 0.382 e. The lowest BCUT2D eigenvalue weighted by Crippen LogP contribution is -2.45. The number of ether oxygens (including phenoxy) is 3. The van der Waals surface area contributed by atoms with Crippen molar-refractivity contribution in [3.05, 3.63) is 0 Å². The van der Waals surface area contributed by atoms with Gasteiger partial charge in [0.25, 0.3) is 0 Å². The highest BCUT2D eigenvalue weighted by atomic mass is 32.2. The zero-order valence-corrected chi connectivity index (χ0v) is 9.10. The molecule has 0 aromatic heterocycles. The third-order valence-corrected chi connectivity index (χ3v) is 4.53. The standard InChI is InChI=1S/C9H16O3S/c1-6-7-8(11-3)9(12-6,4-10-2)5-13-7/h6-8H,4-5H2,1-3H3/t6-,7+,8+,9-/m0/s1. The summed E-state index contributed by atoms with van der Waals surface area (Å²) in [6.07, 6.45) is 0.492. The molecule has 2 rings (SSSR count). The summed E-state index contributed by atoms with van der Waals surface area (Å²) in [5.74, 6) is 0.994. The van der Waals surface area contributed by atoms with Crippen molar-refractivity contribution in [1.82, 2.24) is 0 Å². The van der Waals surface area contributed by atoms with Gasteiger partial charge < -0.3 is 14.2 Å². The maximum absolute atomic E-state index is 5.92. The maximum Gasteiger partial charge on any atom is 0.128 e. The SMILES string of the molecule is COC[C@@]12CS[C@H]([C@H](C)O1)[C@H]2OC. The molecule has 4 atom stereocenters. The van der Waals surface area contributed by atoms with E-state index in [0.29, 0.717) is 18.0 Å². The second kappa shape index (κ2) is 3.42. The first-order chi connectivity index (χ1) is 6.23. The van der Waals surface area contributed by atoms with Crippen LogP contribution in [0.3, 0.4) is 0 Å². The van der Waals surface area contributed by atoms with E-state index in [4.69, 9.17) is 14.2 Å². The molecule has 0 aliphatic carbocycles. The smallest absolute Gasteiger partial charge is 0.128 e. The molecule has 0 spiro atoms. The quantitative estimate of drug-likeness (QED) is 0.683. The Kier molecular flexibility index (Phi) is 2.57. The molecule has 2 fully saturated rings. The van der Waals surface area contributed by atoms with Crippen molar-refractivity contribution >= 4 is 11.8 Å². The molecule has 4 heteroatoms. The molecule has 0 unspecified atom stereocenters. The molecular weight excluding hydrogens is 188 g/mol. The van der Waals surface area contributed by atoms with Crippen LogP contribution in [-0.4, -0.2) is 49.6 Å². The summed E-state index contributed by atoms with van der Waals surface area (Å²) in [6, 6.07) is 0. The van der Waals surface area contributed by atoms with Crippen molar-refractivity contribution in [2.75, 3.05) is 26.6 Å². The van der Waals surface area contributed by atoms with Gasteiger partial charge in [0.15, 0.2) is 0 Å². The predicted octanol–water partition coefficient (Wildman–Crippen LogP) is 0.921. The maximum atomic E-state index is 5.92. The number of hydrogen-bond acceptors (Lipinski definition) is 4. The van der Waals surface area contributed by atoms with Crippen LogP contribution in [0.25, 0.3) is 0 Å². The Balaban J connectivity index is 2.17. The lowest BCUT2D eigenvalue weighted by atomic mass is 10.00. The first-order valence-electron chi connectivity index (χ1n) is 4.54. The zero-order valence-electron chi connectivity index (χ0n) is 8.28. The molecule has 13 heavy (non-hydrogen) atoms. The van der Waals surface area contributed by atoms with Gasteiger partial charge in [-0.15, -0.1) is 11.8 Å². The predicted molar refractivity (Wildman–Crippen MR) is 52.2 cm³/mol. The molecule has 2 heterocycles. The molecule has 0 amide bonds. The number of thioether (sulfide) groups is 1. The molecule has 2 saturated heterocycles. The van der Waals surface area contributed by atoms with Crippen LogP contribution < -0.4 is 0 Å². The van der Waals surface area contributed by atoms with Crippen molar-refractivity contribution < 1.29 is 14.2 Å². The van der Waals surface area contributed by atoms with Crippen LogP contribution in [-0.2, 0) is 14.2 Å². The Bertz CT molecular complexity index is 199. The fraction of sp³-hybridized carbons (Fsp3) is 1.00. The van der Waals surface area contributed by atoms with Gasteiger partial charge in [-0.3, -0.25) is 0 Å². The van der Waals surface area contributed by atoms with Crippen molar-refractivity contribution in [2.45, 2.75) is 30.0 Å². The Morgan fingerprint density at radius 3 is 2.85 bits per heavy atom. The van der Waals surface area contributed by atoms with Gasteiger partial charge >= 0.3 is 0 Å². The van der Waals surface area contributed by atoms with Gasteiger partial charge in [-0.1, -0.05) is 0 Å². The molecule has 2 bridgehead atoms. The zero-order chi connectivity index (χ0) is 9.47. The molecule has 3 nitrogen and oxygen atoms in total. The van der Waals surface area contributed by atoms with Crippen LogP contribution in [0.4, 0.5) is 0 Å². The van der Waals surface area contributed by atoms with E-state index in [9.17, 15) is 0 Å². The average Bonchev–Trinajstić information content (AvgIpc) is 2.55. The van der Waals surface area contributed by atoms with Gasteiger partial charge in [0.1, 0.15) is 11.7 Å². The van der Waals surface area contributed by atoms with E-state index in [1.165, 1.54) is 0 Å². The Hall–Kier alpha value is 0.230. The molecular formula is C9H16O3S. The number of hydrogen-bond donors (Lipinski definition) is 0. The Labute approximate surface area is 83.1 Å². The van der Waals surface area contributed by atoms with Crippen molar-refractivity contribution in [3.8, 4) is 0 Å². The van der Waals surface area contributed by atoms with E-state index in [0.717, 1.165) is 5.75 Å². The molecule has 0 aromatic rings. The molecule has 76 valence electrons. The van der Waals surface area contributed by atoms with Crippen LogP contribution in [0.2, 0.25) is 0 Å². The van der Waals surface area contributed by atoms with Gasteiger partial charge in [0.2, 0.25) is 0 Å². The van der Waals surface area contributed by atoms with E-state index >= 15 is 0 Å². The van der Waals surface area contributed by atoms with Crippen LogP contribution in [0.15, 0.2) is 0 Å². The minimum atomic E-state index is -0.182. The Morgan fingerprint density at radius 1 is 1.54 bits per heavy atom. The minimum Gasteiger partial charge on any atom is -0.382 e. The first kappa shape index (κ1) is 9.77. The van der Waals surface area contributed by atoms with E-state index in [2.05, 4.69) is 6.92 Å². The van der Waals surface area contributed by atoms with Crippen molar-refractivity contribution in [2.24, 2.45) is 0 Å². The van der Waals surface area contributed by atoms with E-state index in [1.54, 1.807) is 14.2 Å². The number of methoxy groups -OCH3 is 2. The van der Waals surface area contributed by atoms with Gasteiger partial charge in [0, 0.05) is 20.0 Å². The normalized spacial score (nSPS) is 48.7. The van der Waals surface area contributed by atoms with Gasteiger partial charge in [-0.25, -0.2) is 0 Å². The summed E-state index contributed by atoms with van der Waals surface area (Å²) in [5, 5.41) is 0.486. The van der Waals surface area contributed by atoms with Gasteiger partial charge in [-0.2, -0.15) is 0 Å². The van der Waals surface area contributed by atoms with E-state index < -0.39 is 0 Å². The summed E-state index contributed by atoms with van der Waals surface area (Å²) in [6.45, 7) is 2.75. The summed E-state index contributed by atoms with van der Waals surface area (Å²) in [7, 11) is 3.47. The lowest BCUT2D eigenvalue weighted by Gasteiger charge is -2.29. The third kappa shape index (κ3) is 1.31. The van der Waals surface area contributed by atoms with Crippen molar-refractivity contribution in [1.29, 1.82) is 0 Å². The van der Waals surface area contributed by atoms with Crippen LogP contribution >= 0.6 is 11.8 Å². The summed E-state index contributed by atoms with van der Waals surface area (Å²) in [5.41, 5.74) is -0.182. The van der Waals surface area contributed by atoms with E-state index in [-0.39, 0.29) is 11.7 Å². The highest BCUT2D eigenvalue weighted by Gasteiger charge is 2.59. The highest BCUT2D eigenvalue weighted by Crippen LogP contribution is 2.48. The number of fused-ring (bicyclic) bond motifs is 2. The third-order valence-electron chi connectivity index (χ3n) is 2.86. The molecule has 0 radical (unpaired) electrons. The summed E-state index contributed by atoms with van der Waals surface area (Å²) in [4.78, 5) is 0. The van der Waals surface area contributed by atoms with Crippen molar-refractivity contribution in [3.63, 3.8) is 0 Å². The first-order valence-corrected chi connectivity index (χ1v) is 5.59. The highest BCUT2D eigenvalue weighted by molar-refractivity contribution is 8.00. The van der Waals surface area contributed by atoms with Crippen LogP contribution in [0, 0.1) is 0 Å². The van der Waals surface area contributed by atoms with E-state index in [1.807, 2.05) is 11.8 Å². The Morgan fingerprint density at radius 2 is 2.31 bits per heavy atom. The second-order valence-corrected chi connectivity index (χ2v) is 4.92. The summed E-state index contributed by atoms with van der Waals surface area (Å²) < 4.78 is 16.6.